The minimum atomic E-state index is -0.437. The third-order valence-electron chi connectivity index (χ3n) is 9.29. The summed E-state index contributed by atoms with van der Waals surface area (Å²) in [6, 6.07) is 14.1. The number of thiazole rings is 1. The summed E-state index contributed by atoms with van der Waals surface area (Å²) in [7, 11) is 0. The predicted molar refractivity (Wildman–Crippen MR) is 162 cm³/mol. The van der Waals surface area contributed by atoms with Crippen LogP contribution in [0.5, 0.6) is 0 Å². The van der Waals surface area contributed by atoms with Gasteiger partial charge in [-0.1, -0.05) is 35.1 Å². The summed E-state index contributed by atoms with van der Waals surface area (Å²) in [6.45, 7) is 2.02. The Morgan fingerprint density at radius 1 is 1.02 bits per heavy atom. The van der Waals surface area contributed by atoms with Crippen molar-refractivity contribution in [3.8, 4) is 0 Å². The van der Waals surface area contributed by atoms with Gasteiger partial charge in [0.2, 0.25) is 17.7 Å². The van der Waals surface area contributed by atoms with E-state index < -0.39 is 17.8 Å². The minimum Gasteiger partial charge on any atom is -0.462 e. The Kier molecular flexibility index (Phi) is 7.22. The van der Waals surface area contributed by atoms with E-state index in [4.69, 9.17) is 16.3 Å². The molecule has 1 saturated heterocycles. The molecule has 3 heterocycles. The summed E-state index contributed by atoms with van der Waals surface area (Å²) in [5.41, 5.74) is 1.94. The number of benzene rings is 2. The van der Waals surface area contributed by atoms with Crippen LogP contribution in [0, 0.1) is 29.6 Å². The number of aromatic nitrogens is 1. The van der Waals surface area contributed by atoms with E-state index in [0.29, 0.717) is 16.3 Å². The Morgan fingerprint density at radius 3 is 2.42 bits per heavy atom. The monoisotopic (exact) mass is 637 g/mol. The van der Waals surface area contributed by atoms with Gasteiger partial charge in [-0.2, -0.15) is 0 Å². The van der Waals surface area contributed by atoms with Gasteiger partial charge in [-0.3, -0.25) is 24.1 Å². The molecule has 222 valence electrons. The molecular formula is C31H28ClN3O6S2. The molecule has 3 aromatic rings. The fourth-order valence-electron chi connectivity index (χ4n) is 7.68. The number of rotatable bonds is 7. The van der Waals surface area contributed by atoms with Crippen LogP contribution in [0.1, 0.15) is 46.5 Å². The van der Waals surface area contributed by atoms with E-state index in [1.807, 2.05) is 24.3 Å². The zero-order valence-electron chi connectivity index (χ0n) is 23.1. The van der Waals surface area contributed by atoms with Crippen LogP contribution in [0.15, 0.2) is 58.4 Å². The molecule has 4 aliphatic rings. The van der Waals surface area contributed by atoms with Crippen molar-refractivity contribution in [2.24, 2.45) is 29.6 Å². The molecule has 7 rings (SSSR count). The number of likely N-dealkylation sites (tertiary alicyclic amines) is 1. The number of carbonyl (C=O) groups excluding carboxylic acids is 4. The van der Waals surface area contributed by atoms with Crippen molar-refractivity contribution in [1.29, 1.82) is 0 Å². The number of anilines is 1. The highest BCUT2D eigenvalue weighted by Crippen LogP contribution is 2.68. The number of ether oxygens (including phenoxy) is 1. The summed E-state index contributed by atoms with van der Waals surface area (Å²) >= 11 is 9.06. The predicted octanol–water partition coefficient (Wildman–Crippen LogP) is 4.77. The topological polar surface area (TPSA) is 126 Å². The van der Waals surface area contributed by atoms with Crippen molar-refractivity contribution in [3.05, 3.63) is 79.2 Å². The van der Waals surface area contributed by atoms with Crippen molar-refractivity contribution >= 4 is 64.1 Å². The van der Waals surface area contributed by atoms with Crippen molar-refractivity contribution in [2.75, 3.05) is 18.5 Å². The summed E-state index contributed by atoms with van der Waals surface area (Å²) in [5.74, 6) is -1.90. The number of fused-ring (bicyclic) bond motifs is 9. The molecule has 2 aliphatic heterocycles. The van der Waals surface area contributed by atoms with Crippen LogP contribution in [0.3, 0.4) is 0 Å². The second-order valence-corrected chi connectivity index (χ2v) is 14.1. The normalized spacial score (nSPS) is 28.4. The average Bonchev–Trinajstić information content (AvgIpc) is 3.72. The summed E-state index contributed by atoms with van der Waals surface area (Å²) in [5, 5.41) is 4.37. The number of hydrogen-bond acceptors (Lipinski definition) is 8. The Morgan fingerprint density at radius 2 is 1.72 bits per heavy atom. The van der Waals surface area contributed by atoms with E-state index in [1.165, 1.54) is 16.2 Å². The fraction of sp³-hybridized carbons (Fsp3) is 0.387. The van der Waals surface area contributed by atoms with Crippen molar-refractivity contribution < 1.29 is 23.9 Å². The van der Waals surface area contributed by atoms with Gasteiger partial charge < -0.3 is 15.0 Å². The van der Waals surface area contributed by atoms with Crippen molar-refractivity contribution in [3.63, 3.8) is 0 Å². The minimum absolute atomic E-state index is 0.00622. The number of aromatic amines is 1. The molecule has 0 radical (unpaired) electrons. The number of amides is 3. The summed E-state index contributed by atoms with van der Waals surface area (Å²) < 4.78 is 4.98. The van der Waals surface area contributed by atoms with E-state index >= 15 is 0 Å². The Bertz CT molecular complexity index is 1690. The lowest BCUT2D eigenvalue weighted by molar-refractivity contribution is -0.141. The number of H-pyrrole nitrogens is 1. The second kappa shape index (κ2) is 10.9. The van der Waals surface area contributed by atoms with Gasteiger partial charge in [0, 0.05) is 39.7 Å². The maximum Gasteiger partial charge on any atom is 0.338 e. The lowest BCUT2D eigenvalue weighted by Gasteiger charge is -2.43. The number of imide groups is 1. The number of thioether (sulfide) groups is 1. The van der Waals surface area contributed by atoms with E-state index in [2.05, 4.69) is 10.3 Å². The first-order chi connectivity index (χ1) is 20.7. The third kappa shape index (κ3) is 4.72. The maximum absolute atomic E-state index is 13.8. The molecule has 2 N–H and O–H groups in total. The first-order valence-corrected chi connectivity index (χ1v) is 16.4. The first-order valence-electron chi connectivity index (χ1n) is 14.3. The van der Waals surface area contributed by atoms with Gasteiger partial charge in [0.05, 0.1) is 29.0 Å². The average molecular weight is 638 g/mol. The van der Waals surface area contributed by atoms with E-state index in [0.717, 1.165) is 21.9 Å². The highest BCUT2D eigenvalue weighted by Gasteiger charge is 2.69. The van der Waals surface area contributed by atoms with E-state index in [-0.39, 0.29) is 71.1 Å². The molecule has 9 nitrogen and oxygen atoms in total. The van der Waals surface area contributed by atoms with E-state index in [1.54, 1.807) is 43.0 Å². The van der Waals surface area contributed by atoms with Crippen LogP contribution in [-0.2, 0) is 19.1 Å². The number of nitrogens with one attached hydrogen (secondary N) is 2. The SMILES string of the molecule is CCOC(=O)c1ccc(NC(=O)CCN2C(=O)C3C4CC(C3C2=O)C2C(c3ccc(Cl)cc3)c3sc(=O)[nH]c3SC42)cc1. The van der Waals surface area contributed by atoms with Crippen molar-refractivity contribution in [1.82, 2.24) is 9.88 Å². The van der Waals surface area contributed by atoms with Gasteiger partial charge in [0.15, 0.2) is 0 Å². The van der Waals surface area contributed by atoms with Crippen LogP contribution in [0.4, 0.5) is 5.69 Å². The molecule has 12 heteroatoms. The summed E-state index contributed by atoms with van der Waals surface area (Å²) in [6.07, 6.45) is 0.772. The molecule has 7 atom stereocenters. The smallest absolute Gasteiger partial charge is 0.338 e. The van der Waals surface area contributed by atoms with Gasteiger partial charge in [-0.25, -0.2) is 4.79 Å². The highest BCUT2D eigenvalue weighted by atomic mass is 35.5. The molecule has 2 aliphatic carbocycles. The summed E-state index contributed by atoms with van der Waals surface area (Å²) in [4.78, 5) is 69.6. The van der Waals surface area contributed by atoms with Gasteiger partial charge in [-0.15, -0.1) is 11.8 Å². The molecule has 3 fully saturated rings. The van der Waals surface area contributed by atoms with Crippen molar-refractivity contribution in [2.45, 2.75) is 36.0 Å². The van der Waals surface area contributed by atoms with Crippen LogP contribution < -0.4 is 10.2 Å². The van der Waals surface area contributed by atoms with Crippen LogP contribution in [-0.4, -0.2) is 52.0 Å². The zero-order chi connectivity index (χ0) is 30.0. The number of nitrogens with zero attached hydrogens (tertiary/aromatic N) is 1. The quantitative estimate of drug-likeness (QED) is 0.282. The van der Waals surface area contributed by atoms with Gasteiger partial charge in [-0.05, 0) is 73.1 Å². The van der Waals surface area contributed by atoms with Gasteiger partial charge in [0.25, 0.3) is 0 Å². The zero-order valence-corrected chi connectivity index (χ0v) is 25.5. The molecule has 2 bridgehead atoms. The van der Waals surface area contributed by atoms with Gasteiger partial charge >= 0.3 is 10.8 Å². The second-order valence-electron chi connectivity index (χ2n) is 11.4. The lowest BCUT2D eigenvalue weighted by atomic mass is 9.68. The molecule has 2 aromatic carbocycles. The molecule has 2 saturated carbocycles. The number of hydrogen-bond donors (Lipinski definition) is 2. The Balaban J connectivity index is 1.07. The molecule has 7 unspecified atom stereocenters. The third-order valence-corrected chi connectivity index (χ3v) is 12.1. The number of carbonyl (C=O) groups is 4. The molecule has 0 spiro atoms. The van der Waals surface area contributed by atoms with Crippen LogP contribution in [0.25, 0.3) is 0 Å². The largest absolute Gasteiger partial charge is 0.462 e. The number of esters is 1. The lowest BCUT2D eigenvalue weighted by Crippen LogP contribution is -2.42. The standard InChI is InChI=1S/C31H28ClN3O6S2/c1-2-41-30(39)15-5-9-17(10-6-15)33-20(36)11-12-35-28(37)23-18-13-19(24(23)29(35)38)25-22(18)21(14-3-7-16(32)8-4-14)26-27(42-25)34-31(40)43-26/h3-10,18-19,21-25H,2,11-13H2,1H3,(H,33,36)(H,34,40). The van der Waals surface area contributed by atoms with Crippen LogP contribution >= 0.6 is 34.7 Å². The molecule has 1 aromatic heterocycles. The highest BCUT2D eigenvalue weighted by molar-refractivity contribution is 8.00. The first kappa shape index (κ1) is 28.4. The Labute approximate surface area is 260 Å². The molecule has 3 amide bonds. The van der Waals surface area contributed by atoms with E-state index in [9.17, 15) is 24.0 Å². The molecular weight excluding hydrogens is 610 g/mol. The molecule has 43 heavy (non-hydrogen) atoms. The van der Waals surface area contributed by atoms with Crippen LogP contribution in [0.2, 0.25) is 5.02 Å². The Hall–Kier alpha value is -3.41. The van der Waals surface area contributed by atoms with Gasteiger partial charge in [0.1, 0.15) is 0 Å². The maximum atomic E-state index is 13.8. The number of halogens is 1. The fourth-order valence-corrected chi connectivity index (χ4v) is 10.7.